The second kappa shape index (κ2) is 8.22. The number of anilines is 2. The number of nitriles is 1. The smallest absolute Gasteiger partial charge is 0.225 e. The van der Waals surface area contributed by atoms with Gasteiger partial charge in [0.25, 0.3) is 0 Å². The normalized spacial score (nSPS) is 14.8. The Labute approximate surface area is 146 Å². The lowest BCUT2D eigenvalue weighted by Crippen LogP contribution is -2.47. The number of hydrogen-bond donors (Lipinski definition) is 1. The van der Waals surface area contributed by atoms with E-state index in [4.69, 9.17) is 5.26 Å². The SMILES string of the molecule is N#Cc1ccc(NC(=O)CCN2CCN(c3ncccn3)CC2)cc1. The lowest BCUT2D eigenvalue weighted by molar-refractivity contribution is -0.116. The van der Waals surface area contributed by atoms with Gasteiger partial charge in [-0.1, -0.05) is 0 Å². The zero-order valence-corrected chi connectivity index (χ0v) is 13.9. The first-order chi connectivity index (χ1) is 12.2. The maximum Gasteiger partial charge on any atom is 0.225 e. The van der Waals surface area contributed by atoms with Gasteiger partial charge < -0.3 is 10.2 Å². The van der Waals surface area contributed by atoms with Crippen LogP contribution in [-0.2, 0) is 4.79 Å². The van der Waals surface area contributed by atoms with Crippen LogP contribution < -0.4 is 10.2 Å². The minimum Gasteiger partial charge on any atom is -0.338 e. The minimum atomic E-state index is -0.0153. The molecule has 1 fully saturated rings. The predicted molar refractivity (Wildman–Crippen MR) is 95.1 cm³/mol. The number of rotatable bonds is 5. The van der Waals surface area contributed by atoms with E-state index in [0.29, 0.717) is 12.0 Å². The van der Waals surface area contributed by atoms with Gasteiger partial charge in [-0.25, -0.2) is 9.97 Å². The molecule has 0 unspecified atom stereocenters. The molecule has 0 radical (unpaired) electrons. The van der Waals surface area contributed by atoms with E-state index >= 15 is 0 Å². The van der Waals surface area contributed by atoms with Crippen LogP contribution in [0, 0.1) is 11.3 Å². The number of nitrogens with one attached hydrogen (secondary N) is 1. The summed E-state index contributed by atoms with van der Waals surface area (Å²) in [7, 11) is 0. The summed E-state index contributed by atoms with van der Waals surface area (Å²) < 4.78 is 0. The summed E-state index contributed by atoms with van der Waals surface area (Å²) >= 11 is 0. The molecule has 7 nitrogen and oxygen atoms in total. The van der Waals surface area contributed by atoms with Crippen molar-refractivity contribution in [3.05, 3.63) is 48.3 Å². The van der Waals surface area contributed by atoms with E-state index in [1.54, 1.807) is 36.7 Å². The molecule has 3 rings (SSSR count). The van der Waals surface area contributed by atoms with E-state index in [0.717, 1.165) is 44.4 Å². The monoisotopic (exact) mass is 336 g/mol. The molecule has 1 aliphatic heterocycles. The van der Waals surface area contributed by atoms with Crippen molar-refractivity contribution in [1.29, 1.82) is 5.26 Å². The Morgan fingerprint density at radius 2 is 1.80 bits per heavy atom. The van der Waals surface area contributed by atoms with Crippen LogP contribution in [0.5, 0.6) is 0 Å². The molecular weight excluding hydrogens is 316 g/mol. The first-order valence-corrected chi connectivity index (χ1v) is 8.29. The molecule has 1 aliphatic rings. The van der Waals surface area contributed by atoms with Crippen molar-refractivity contribution in [1.82, 2.24) is 14.9 Å². The Morgan fingerprint density at radius 1 is 1.12 bits per heavy atom. The predicted octanol–water partition coefficient (Wildman–Crippen LogP) is 1.50. The Balaban J connectivity index is 1.40. The summed E-state index contributed by atoms with van der Waals surface area (Å²) in [5, 5.41) is 11.6. The fourth-order valence-electron chi connectivity index (χ4n) is 2.74. The Hall–Kier alpha value is -2.98. The molecule has 1 aromatic heterocycles. The lowest BCUT2D eigenvalue weighted by Gasteiger charge is -2.34. The van der Waals surface area contributed by atoms with Gasteiger partial charge >= 0.3 is 0 Å². The third kappa shape index (κ3) is 4.75. The summed E-state index contributed by atoms with van der Waals surface area (Å²) in [5.74, 6) is 0.749. The molecule has 2 heterocycles. The van der Waals surface area contributed by atoms with Crippen LogP contribution in [0.3, 0.4) is 0 Å². The molecule has 0 atom stereocenters. The topological polar surface area (TPSA) is 85.2 Å². The van der Waals surface area contributed by atoms with Crippen molar-refractivity contribution < 1.29 is 4.79 Å². The van der Waals surface area contributed by atoms with Gasteiger partial charge in [0.05, 0.1) is 11.6 Å². The Morgan fingerprint density at radius 3 is 2.44 bits per heavy atom. The first-order valence-electron chi connectivity index (χ1n) is 8.29. The molecule has 1 saturated heterocycles. The summed E-state index contributed by atoms with van der Waals surface area (Å²) in [6, 6.07) is 10.8. The van der Waals surface area contributed by atoms with Crippen LogP contribution >= 0.6 is 0 Å². The highest BCUT2D eigenvalue weighted by Crippen LogP contribution is 2.11. The van der Waals surface area contributed by atoms with Gasteiger partial charge in [-0.15, -0.1) is 0 Å². The molecule has 0 bridgehead atoms. The van der Waals surface area contributed by atoms with Crippen molar-refractivity contribution in [2.75, 3.05) is 42.9 Å². The van der Waals surface area contributed by atoms with Crippen LogP contribution in [0.15, 0.2) is 42.7 Å². The van der Waals surface area contributed by atoms with Gasteiger partial charge in [-0.05, 0) is 30.3 Å². The van der Waals surface area contributed by atoms with Crippen LogP contribution in [0.4, 0.5) is 11.6 Å². The molecule has 1 aromatic carbocycles. The molecule has 7 heteroatoms. The number of carbonyl (C=O) groups is 1. The Bertz CT molecular complexity index is 732. The van der Waals surface area contributed by atoms with Crippen molar-refractivity contribution in [2.45, 2.75) is 6.42 Å². The maximum atomic E-state index is 12.1. The van der Waals surface area contributed by atoms with E-state index in [-0.39, 0.29) is 5.91 Å². The zero-order chi connectivity index (χ0) is 17.5. The number of hydrogen-bond acceptors (Lipinski definition) is 6. The highest BCUT2D eigenvalue weighted by atomic mass is 16.1. The van der Waals surface area contributed by atoms with Crippen LogP contribution in [0.2, 0.25) is 0 Å². The molecule has 1 N–H and O–H groups in total. The second-order valence-corrected chi connectivity index (χ2v) is 5.86. The summed E-state index contributed by atoms with van der Waals surface area (Å²) in [4.78, 5) is 25.0. The molecule has 0 aliphatic carbocycles. The number of amides is 1. The van der Waals surface area contributed by atoms with Crippen molar-refractivity contribution in [3.63, 3.8) is 0 Å². The van der Waals surface area contributed by atoms with Gasteiger partial charge in [-0.2, -0.15) is 5.26 Å². The van der Waals surface area contributed by atoms with E-state index in [1.165, 1.54) is 0 Å². The summed E-state index contributed by atoms with van der Waals surface area (Å²) in [5.41, 5.74) is 1.30. The number of benzene rings is 1. The number of aromatic nitrogens is 2. The lowest BCUT2D eigenvalue weighted by atomic mass is 10.2. The van der Waals surface area contributed by atoms with Crippen molar-refractivity contribution in [2.24, 2.45) is 0 Å². The average Bonchev–Trinajstić information content (AvgIpc) is 2.68. The van der Waals surface area contributed by atoms with E-state index in [1.807, 2.05) is 6.07 Å². The third-order valence-corrected chi connectivity index (χ3v) is 4.16. The second-order valence-electron chi connectivity index (χ2n) is 5.86. The minimum absolute atomic E-state index is 0.0153. The highest BCUT2D eigenvalue weighted by molar-refractivity contribution is 5.90. The van der Waals surface area contributed by atoms with Crippen molar-refractivity contribution in [3.8, 4) is 6.07 Å². The third-order valence-electron chi connectivity index (χ3n) is 4.16. The van der Waals surface area contributed by atoms with Gasteiger partial charge in [0, 0.05) is 57.2 Å². The van der Waals surface area contributed by atoms with Crippen LogP contribution in [0.1, 0.15) is 12.0 Å². The fraction of sp³-hybridized carbons (Fsp3) is 0.333. The molecule has 25 heavy (non-hydrogen) atoms. The van der Waals surface area contributed by atoms with E-state index in [9.17, 15) is 4.79 Å². The number of piperazine rings is 1. The maximum absolute atomic E-state index is 12.1. The highest BCUT2D eigenvalue weighted by Gasteiger charge is 2.19. The van der Waals surface area contributed by atoms with Crippen LogP contribution in [0.25, 0.3) is 0 Å². The number of carbonyl (C=O) groups excluding carboxylic acids is 1. The Kier molecular flexibility index (Phi) is 5.54. The molecule has 0 saturated carbocycles. The van der Waals surface area contributed by atoms with Crippen LogP contribution in [-0.4, -0.2) is 53.5 Å². The summed E-state index contributed by atoms with van der Waals surface area (Å²) in [6.45, 7) is 4.24. The van der Waals surface area contributed by atoms with Gasteiger partial charge in [0.1, 0.15) is 0 Å². The van der Waals surface area contributed by atoms with E-state index in [2.05, 4.69) is 31.2 Å². The molecule has 0 spiro atoms. The standard InChI is InChI=1S/C18H20N6O/c19-14-15-2-4-16(5-3-15)22-17(25)6-9-23-10-12-24(13-11-23)18-20-7-1-8-21-18/h1-5,7-8H,6,9-13H2,(H,22,25). The quantitative estimate of drug-likeness (QED) is 0.891. The molecule has 1 amide bonds. The molecule has 128 valence electrons. The van der Waals surface area contributed by atoms with Gasteiger partial charge in [-0.3, -0.25) is 9.69 Å². The summed E-state index contributed by atoms with van der Waals surface area (Å²) in [6.07, 6.45) is 3.95. The number of nitrogens with zero attached hydrogens (tertiary/aromatic N) is 5. The van der Waals surface area contributed by atoms with Crippen molar-refractivity contribution >= 4 is 17.5 Å². The molecule has 2 aromatic rings. The largest absolute Gasteiger partial charge is 0.338 e. The van der Waals surface area contributed by atoms with Gasteiger partial charge in [0.15, 0.2) is 0 Å². The average molecular weight is 336 g/mol. The van der Waals surface area contributed by atoms with Gasteiger partial charge in [0.2, 0.25) is 11.9 Å². The first kappa shape index (κ1) is 16.9. The molecular formula is C18H20N6O. The van der Waals surface area contributed by atoms with E-state index < -0.39 is 0 Å². The fourth-order valence-corrected chi connectivity index (χ4v) is 2.74. The zero-order valence-electron chi connectivity index (χ0n) is 13.9.